The number of aliphatic hydroxyl groups is 1. The zero-order valence-electron chi connectivity index (χ0n) is 5.64. The van der Waals surface area contributed by atoms with Crippen molar-refractivity contribution in [1.29, 1.82) is 0 Å². The number of thioether (sulfide) groups is 1. The van der Waals surface area contributed by atoms with Crippen molar-refractivity contribution in [2.45, 2.75) is 19.2 Å². The summed E-state index contributed by atoms with van der Waals surface area (Å²) in [5.74, 6) is 0. The fourth-order valence-electron chi connectivity index (χ4n) is 0.872. The molecule has 1 unspecified atom stereocenters. The van der Waals surface area contributed by atoms with Gasteiger partial charge in [-0.25, -0.2) is 0 Å². The van der Waals surface area contributed by atoms with Crippen molar-refractivity contribution in [3.05, 3.63) is 10.6 Å². The van der Waals surface area contributed by atoms with Gasteiger partial charge in [0.2, 0.25) is 0 Å². The zero-order valence-corrected chi connectivity index (χ0v) is 6.46. The molecule has 1 rings (SSSR count). The zero-order chi connectivity index (χ0) is 6.85. The van der Waals surface area contributed by atoms with E-state index in [0.29, 0.717) is 5.37 Å². The first-order valence-electron chi connectivity index (χ1n) is 2.98. The number of hydrogen-bond acceptors (Lipinski definition) is 3. The first-order chi connectivity index (χ1) is 4.24. The normalized spacial score (nSPS) is 26.8. The third-order valence-electron chi connectivity index (χ3n) is 1.30. The van der Waals surface area contributed by atoms with Crippen molar-refractivity contribution < 1.29 is 5.11 Å². The summed E-state index contributed by atoms with van der Waals surface area (Å²) in [6, 6.07) is 0. The largest absolute Gasteiger partial charge is 0.391 e. The van der Waals surface area contributed by atoms with Crippen LogP contribution in [0.15, 0.2) is 10.6 Å². The first-order valence-corrected chi connectivity index (χ1v) is 3.86. The number of rotatable bonds is 1. The SMILES string of the molecule is CC1=C(CO)SC(C)N1. The third kappa shape index (κ3) is 1.40. The summed E-state index contributed by atoms with van der Waals surface area (Å²) in [6.07, 6.45) is 0. The Balaban J connectivity index is 2.58. The monoisotopic (exact) mass is 145 g/mol. The van der Waals surface area contributed by atoms with Crippen LogP contribution in [-0.4, -0.2) is 17.1 Å². The Labute approximate surface area is 59.3 Å². The van der Waals surface area contributed by atoms with Crippen molar-refractivity contribution in [1.82, 2.24) is 5.32 Å². The number of nitrogens with one attached hydrogen (secondary N) is 1. The van der Waals surface area contributed by atoms with E-state index in [1.807, 2.05) is 6.92 Å². The van der Waals surface area contributed by atoms with Gasteiger partial charge in [0.15, 0.2) is 0 Å². The molecule has 1 atom stereocenters. The summed E-state index contributed by atoms with van der Waals surface area (Å²) in [5.41, 5.74) is 1.12. The van der Waals surface area contributed by atoms with Crippen molar-refractivity contribution in [2.75, 3.05) is 6.61 Å². The Morgan fingerprint density at radius 3 is 2.67 bits per heavy atom. The second-order valence-corrected chi connectivity index (χ2v) is 3.55. The molecule has 9 heavy (non-hydrogen) atoms. The van der Waals surface area contributed by atoms with Crippen LogP contribution in [0.4, 0.5) is 0 Å². The number of hydrogen-bond donors (Lipinski definition) is 2. The Kier molecular flexibility index (Phi) is 2.03. The van der Waals surface area contributed by atoms with Crippen LogP contribution in [0.5, 0.6) is 0 Å². The summed E-state index contributed by atoms with van der Waals surface area (Å²) in [7, 11) is 0. The molecule has 2 N–H and O–H groups in total. The Morgan fingerprint density at radius 2 is 2.44 bits per heavy atom. The van der Waals surface area contributed by atoms with E-state index in [-0.39, 0.29) is 6.61 Å². The predicted molar refractivity (Wildman–Crippen MR) is 40.0 cm³/mol. The second kappa shape index (κ2) is 2.62. The fourth-order valence-corrected chi connectivity index (χ4v) is 1.85. The molecule has 0 bridgehead atoms. The lowest BCUT2D eigenvalue weighted by atomic mass is 10.4. The Hall–Kier alpha value is -0.150. The highest BCUT2D eigenvalue weighted by Gasteiger charge is 2.15. The molecule has 1 aliphatic heterocycles. The van der Waals surface area contributed by atoms with Crippen LogP contribution in [0.25, 0.3) is 0 Å². The van der Waals surface area contributed by atoms with Crippen LogP contribution in [-0.2, 0) is 0 Å². The molecule has 1 aliphatic rings. The minimum atomic E-state index is 0.174. The third-order valence-corrected chi connectivity index (χ3v) is 2.49. The predicted octanol–water partition coefficient (Wildman–Crippen LogP) is 0.893. The maximum Gasteiger partial charge on any atom is 0.0758 e. The van der Waals surface area contributed by atoms with Gasteiger partial charge in [0.25, 0.3) is 0 Å². The highest BCUT2D eigenvalue weighted by molar-refractivity contribution is 8.03. The summed E-state index contributed by atoms with van der Waals surface area (Å²) < 4.78 is 0. The minimum Gasteiger partial charge on any atom is -0.391 e. The van der Waals surface area contributed by atoms with Crippen molar-refractivity contribution in [2.24, 2.45) is 0 Å². The molecule has 3 heteroatoms. The summed E-state index contributed by atoms with van der Waals surface area (Å²) in [5, 5.41) is 12.4. The van der Waals surface area contributed by atoms with Crippen molar-refractivity contribution in [3.63, 3.8) is 0 Å². The van der Waals surface area contributed by atoms with E-state index in [1.54, 1.807) is 11.8 Å². The van der Waals surface area contributed by atoms with Gasteiger partial charge in [-0.15, -0.1) is 11.8 Å². The van der Waals surface area contributed by atoms with E-state index in [9.17, 15) is 0 Å². The molecule has 0 spiro atoms. The highest BCUT2D eigenvalue weighted by atomic mass is 32.2. The lowest BCUT2D eigenvalue weighted by Crippen LogP contribution is -2.14. The van der Waals surface area contributed by atoms with Crippen LogP contribution in [0.1, 0.15) is 13.8 Å². The van der Waals surface area contributed by atoms with Gasteiger partial charge in [-0.2, -0.15) is 0 Å². The fraction of sp³-hybridized carbons (Fsp3) is 0.667. The molecule has 0 aromatic heterocycles. The minimum absolute atomic E-state index is 0.174. The maximum atomic E-state index is 8.74. The van der Waals surface area contributed by atoms with Gasteiger partial charge in [0, 0.05) is 10.6 Å². The maximum absolute atomic E-state index is 8.74. The van der Waals surface area contributed by atoms with Crippen LogP contribution >= 0.6 is 11.8 Å². The average molecular weight is 145 g/mol. The van der Waals surface area contributed by atoms with E-state index in [1.165, 1.54) is 0 Å². The van der Waals surface area contributed by atoms with E-state index in [4.69, 9.17) is 5.11 Å². The highest BCUT2D eigenvalue weighted by Crippen LogP contribution is 2.28. The van der Waals surface area contributed by atoms with Gasteiger partial charge in [-0.1, -0.05) is 0 Å². The van der Waals surface area contributed by atoms with Crippen molar-refractivity contribution >= 4 is 11.8 Å². The van der Waals surface area contributed by atoms with E-state index >= 15 is 0 Å². The molecule has 0 saturated heterocycles. The lowest BCUT2D eigenvalue weighted by Gasteiger charge is -2.00. The summed E-state index contributed by atoms with van der Waals surface area (Å²) in [6.45, 7) is 4.24. The van der Waals surface area contributed by atoms with Crippen LogP contribution in [0.2, 0.25) is 0 Å². The smallest absolute Gasteiger partial charge is 0.0758 e. The van der Waals surface area contributed by atoms with Gasteiger partial charge < -0.3 is 10.4 Å². The molecule has 0 radical (unpaired) electrons. The lowest BCUT2D eigenvalue weighted by molar-refractivity contribution is 0.338. The Bertz CT molecular complexity index is 144. The Morgan fingerprint density at radius 1 is 1.78 bits per heavy atom. The molecular formula is C6H11NOS. The molecule has 0 aliphatic carbocycles. The number of allylic oxidation sites excluding steroid dienone is 1. The van der Waals surface area contributed by atoms with Crippen LogP contribution in [0.3, 0.4) is 0 Å². The van der Waals surface area contributed by atoms with Gasteiger partial charge in [0.1, 0.15) is 0 Å². The molecule has 0 aromatic carbocycles. The summed E-state index contributed by atoms with van der Waals surface area (Å²) >= 11 is 1.69. The van der Waals surface area contributed by atoms with Crippen LogP contribution in [0, 0.1) is 0 Å². The summed E-state index contributed by atoms with van der Waals surface area (Å²) in [4.78, 5) is 1.07. The standard InChI is InChI=1S/C6H11NOS/c1-4-6(3-8)9-5(2)7-4/h5,7-8H,3H2,1-2H3. The molecule has 0 aromatic rings. The van der Waals surface area contributed by atoms with Gasteiger partial charge >= 0.3 is 0 Å². The first kappa shape index (κ1) is 6.96. The molecule has 0 saturated carbocycles. The van der Waals surface area contributed by atoms with Crippen molar-refractivity contribution in [3.8, 4) is 0 Å². The molecular weight excluding hydrogens is 134 g/mol. The topological polar surface area (TPSA) is 32.3 Å². The molecule has 52 valence electrons. The average Bonchev–Trinajstić information content (AvgIpc) is 2.10. The van der Waals surface area contributed by atoms with Gasteiger partial charge in [-0.05, 0) is 13.8 Å². The molecule has 2 nitrogen and oxygen atoms in total. The van der Waals surface area contributed by atoms with Gasteiger partial charge in [0.05, 0.1) is 12.0 Å². The van der Waals surface area contributed by atoms with E-state index in [0.717, 1.165) is 10.6 Å². The van der Waals surface area contributed by atoms with Crippen LogP contribution < -0.4 is 5.32 Å². The molecule has 1 heterocycles. The quantitative estimate of drug-likeness (QED) is 0.575. The van der Waals surface area contributed by atoms with E-state index in [2.05, 4.69) is 12.2 Å². The van der Waals surface area contributed by atoms with Gasteiger partial charge in [-0.3, -0.25) is 0 Å². The molecule has 0 amide bonds. The number of aliphatic hydroxyl groups excluding tert-OH is 1. The molecule has 0 fully saturated rings. The van der Waals surface area contributed by atoms with E-state index < -0.39 is 0 Å². The second-order valence-electron chi connectivity index (χ2n) is 2.11.